The summed E-state index contributed by atoms with van der Waals surface area (Å²) in [6.45, 7) is 3.93. The molecule has 4 rings (SSSR count). The minimum absolute atomic E-state index is 0. The Labute approximate surface area is 147 Å². The Morgan fingerprint density at radius 2 is 2.12 bits per heavy atom. The number of rotatable bonds is 3. The van der Waals surface area contributed by atoms with Crippen molar-refractivity contribution in [2.24, 2.45) is 11.3 Å². The lowest BCUT2D eigenvalue weighted by molar-refractivity contribution is -0.118. The molecule has 0 radical (unpaired) electrons. The highest BCUT2D eigenvalue weighted by molar-refractivity contribution is 5.95. The predicted octanol–water partition coefficient (Wildman–Crippen LogP) is 2.53. The number of hydrogen-bond acceptors (Lipinski definition) is 4. The number of nitrogens with one attached hydrogen (secondary N) is 3. The average molecular weight is 348 g/mol. The van der Waals surface area contributed by atoms with Crippen LogP contribution in [0.15, 0.2) is 24.3 Å². The van der Waals surface area contributed by atoms with Crippen LogP contribution in [0.3, 0.4) is 0 Å². The van der Waals surface area contributed by atoms with Crippen LogP contribution in [0, 0.1) is 18.3 Å². The van der Waals surface area contributed by atoms with E-state index in [4.69, 9.17) is 0 Å². The van der Waals surface area contributed by atoms with E-state index in [2.05, 4.69) is 25.8 Å². The molecule has 3 N–H and O–H groups in total. The number of carbonyl (C=O) groups is 1. The number of benzene rings is 1. The van der Waals surface area contributed by atoms with Gasteiger partial charge in [0.2, 0.25) is 5.91 Å². The van der Waals surface area contributed by atoms with Crippen molar-refractivity contribution in [3.05, 3.63) is 30.1 Å². The van der Waals surface area contributed by atoms with E-state index in [1.807, 2.05) is 31.2 Å². The summed E-state index contributed by atoms with van der Waals surface area (Å²) in [5.74, 6) is 1.74. The summed E-state index contributed by atoms with van der Waals surface area (Å²) < 4.78 is 0. The fraction of sp³-hybridized carbons (Fsp3) is 0.471. The van der Waals surface area contributed by atoms with Crippen LogP contribution in [-0.2, 0) is 4.79 Å². The standard InChI is InChI=1S/C17H21N5O.ClH/c1-11-19-15(22-21-11)12-3-2-4-13(9-12)20-16(23)14-10-17(14)5-7-18-8-6-17;/h2-4,9,14,18H,5-8,10H2,1H3,(H,20,23)(H,19,21,22);1H. The van der Waals surface area contributed by atoms with Crippen LogP contribution in [-0.4, -0.2) is 34.2 Å². The Morgan fingerprint density at radius 3 is 2.83 bits per heavy atom. The summed E-state index contributed by atoms with van der Waals surface area (Å²) in [4.78, 5) is 16.9. The Kier molecular flexibility index (Phi) is 4.60. The number of piperidine rings is 1. The van der Waals surface area contributed by atoms with Gasteiger partial charge in [0.25, 0.3) is 0 Å². The largest absolute Gasteiger partial charge is 0.326 e. The zero-order valence-corrected chi connectivity index (χ0v) is 14.4. The molecule has 1 saturated carbocycles. The SMILES string of the molecule is Cc1nc(-c2cccc(NC(=O)C3CC34CCNCC4)c2)n[nH]1.Cl. The van der Waals surface area contributed by atoms with E-state index in [-0.39, 0.29) is 29.6 Å². The van der Waals surface area contributed by atoms with E-state index in [1.54, 1.807) is 0 Å². The first-order valence-corrected chi connectivity index (χ1v) is 8.17. The summed E-state index contributed by atoms with van der Waals surface area (Å²) in [7, 11) is 0. The van der Waals surface area contributed by atoms with Crippen LogP contribution in [0.4, 0.5) is 5.69 Å². The molecule has 2 aromatic rings. The minimum atomic E-state index is 0. The van der Waals surface area contributed by atoms with E-state index >= 15 is 0 Å². The fourth-order valence-electron chi connectivity index (χ4n) is 3.63. The van der Waals surface area contributed by atoms with Gasteiger partial charge >= 0.3 is 0 Å². The summed E-state index contributed by atoms with van der Waals surface area (Å²) in [6.07, 6.45) is 3.25. The number of aromatic nitrogens is 3. The predicted molar refractivity (Wildman–Crippen MR) is 95.1 cm³/mol. The molecule has 1 aromatic carbocycles. The lowest BCUT2D eigenvalue weighted by atomic mass is 9.92. The van der Waals surface area contributed by atoms with E-state index < -0.39 is 0 Å². The zero-order chi connectivity index (χ0) is 15.9. The normalized spacial score (nSPS) is 21.1. The Balaban J connectivity index is 0.00000169. The second-order valence-corrected chi connectivity index (χ2v) is 6.68. The molecule has 0 bridgehead atoms. The quantitative estimate of drug-likeness (QED) is 0.796. The number of amides is 1. The zero-order valence-electron chi connectivity index (χ0n) is 13.6. The van der Waals surface area contributed by atoms with Crippen molar-refractivity contribution in [3.63, 3.8) is 0 Å². The topological polar surface area (TPSA) is 82.7 Å². The first kappa shape index (κ1) is 16.9. The molecule has 7 heteroatoms. The molecular weight excluding hydrogens is 326 g/mol. The van der Waals surface area contributed by atoms with Gasteiger partial charge in [0, 0.05) is 17.2 Å². The van der Waals surface area contributed by atoms with Gasteiger partial charge in [-0.25, -0.2) is 4.98 Å². The van der Waals surface area contributed by atoms with Crippen LogP contribution in [0.2, 0.25) is 0 Å². The fourth-order valence-corrected chi connectivity index (χ4v) is 3.63. The number of carbonyl (C=O) groups excluding carboxylic acids is 1. The number of H-pyrrole nitrogens is 1. The molecular formula is C17H22ClN5O. The molecule has 1 spiro atoms. The van der Waals surface area contributed by atoms with E-state index in [1.165, 1.54) is 0 Å². The molecule has 1 saturated heterocycles. The average Bonchev–Trinajstić information content (AvgIpc) is 3.06. The molecule has 1 aliphatic heterocycles. The molecule has 6 nitrogen and oxygen atoms in total. The molecule has 1 aliphatic carbocycles. The second kappa shape index (κ2) is 6.53. The summed E-state index contributed by atoms with van der Waals surface area (Å²) >= 11 is 0. The van der Waals surface area contributed by atoms with Gasteiger partial charge in [0.1, 0.15) is 5.82 Å². The summed E-state index contributed by atoms with van der Waals surface area (Å²) in [5.41, 5.74) is 1.97. The third kappa shape index (κ3) is 3.16. The Morgan fingerprint density at radius 1 is 1.33 bits per heavy atom. The summed E-state index contributed by atoms with van der Waals surface area (Å²) in [6, 6.07) is 7.71. The smallest absolute Gasteiger partial charge is 0.228 e. The summed E-state index contributed by atoms with van der Waals surface area (Å²) in [5, 5.41) is 13.4. The maximum atomic E-state index is 12.5. The molecule has 1 amide bonds. The van der Waals surface area contributed by atoms with Crippen LogP contribution in [0.5, 0.6) is 0 Å². The molecule has 2 heterocycles. The van der Waals surface area contributed by atoms with E-state index in [9.17, 15) is 4.79 Å². The molecule has 2 aliphatic rings. The van der Waals surface area contributed by atoms with E-state index in [0.29, 0.717) is 5.82 Å². The lowest BCUT2D eigenvalue weighted by Crippen LogP contribution is -2.31. The Hall–Kier alpha value is -1.92. The number of aromatic amines is 1. The number of hydrogen-bond donors (Lipinski definition) is 3. The van der Waals surface area contributed by atoms with Gasteiger partial charge in [-0.15, -0.1) is 12.4 Å². The number of aryl methyl sites for hydroxylation is 1. The van der Waals surface area contributed by atoms with Crippen LogP contribution in [0.1, 0.15) is 25.1 Å². The highest BCUT2D eigenvalue weighted by atomic mass is 35.5. The highest BCUT2D eigenvalue weighted by Crippen LogP contribution is 2.58. The molecule has 1 unspecified atom stereocenters. The number of anilines is 1. The van der Waals surface area contributed by atoms with Crippen molar-refractivity contribution in [2.75, 3.05) is 18.4 Å². The second-order valence-electron chi connectivity index (χ2n) is 6.68. The molecule has 24 heavy (non-hydrogen) atoms. The number of nitrogens with zero attached hydrogens (tertiary/aromatic N) is 2. The molecule has 128 valence electrons. The van der Waals surface area contributed by atoms with Gasteiger partial charge in [-0.2, -0.15) is 5.10 Å². The van der Waals surface area contributed by atoms with Gasteiger partial charge in [0.05, 0.1) is 0 Å². The van der Waals surface area contributed by atoms with E-state index in [0.717, 1.165) is 49.4 Å². The van der Waals surface area contributed by atoms with Crippen molar-refractivity contribution in [2.45, 2.75) is 26.2 Å². The van der Waals surface area contributed by atoms with Crippen LogP contribution in [0.25, 0.3) is 11.4 Å². The van der Waals surface area contributed by atoms with Crippen molar-refractivity contribution >= 4 is 24.0 Å². The lowest BCUT2D eigenvalue weighted by Gasteiger charge is -2.23. The minimum Gasteiger partial charge on any atom is -0.326 e. The first-order chi connectivity index (χ1) is 11.2. The van der Waals surface area contributed by atoms with Gasteiger partial charge in [0.15, 0.2) is 5.82 Å². The van der Waals surface area contributed by atoms with Gasteiger partial charge in [-0.05, 0) is 56.8 Å². The third-order valence-electron chi connectivity index (χ3n) is 5.09. The van der Waals surface area contributed by atoms with Gasteiger partial charge in [-0.3, -0.25) is 9.89 Å². The molecule has 1 atom stereocenters. The monoisotopic (exact) mass is 347 g/mol. The van der Waals surface area contributed by atoms with Gasteiger partial charge in [-0.1, -0.05) is 12.1 Å². The first-order valence-electron chi connectivity index (χ1n) is 8.17. The highest BCUT2D eigenvalue weighted by Gasteiger charge is 2.57. The van der Waals surface area contributed by atoms with Crippen molar-refractivity contribution < 1.29 is 4.79 Å². The molecule has 1 aromatic heterocycles. The number of halogens is 1. The maximum absolute atomic E-state index is 12.5. The maximum Gasteiger partial charge on any atom is 0.228 e. The van der Waals surface area contributed by atoms with Crippen LogP contribution < -0.4 is 10.6 Å². The van der Waals surface area contributed by atoms with Crippen molar-refractivity contribution in [1.82, 2.24) is 20.5 Å². The third-order valence-corrected chi connectivity index (χ3v) is 5.09. The Bertz CT molecular complexity index is 738. The van der Waals surface area contributed by atoms with Crippen molar-refractivity contribution in [3.8, 4) is 11.4 Å². The van der Waals surface area contributed by atoms with Gasteiger partial charge < -0.3 is 10.6 Å². The van der Waals surface area contributed by atoms with Crippen molar-refractivity contribution in [1.29, 1.82) is 0 Å². The molecule has 2 fully saturated rings. The van der Waals surface area contributed by atoms with Crippen LogP contribution >= 0.6 is 12.4 Å².